The molecule has 0 unspecified atom stereocenters. The van der Waals surface area contributed by atoms with Crippen molar-refractivity contribution in [2.75, 3.05) is 18.4 Å². The first kappa shape index (κ1) is 17.7. The fourth-order valence-electron chi connectivity index (χ4n) is 3.66. The zero-order chi connectivity index (χ0) is 18.8. The highest BCUT2D eigenvalue weighted by molar-refractivity contribution is 6.12. The second kappa shape index (κ2) is 7.48. The molecule has 0 spiro atoms. The number of likely N-dealkylation sites (tertiary alicyclic amines) is 1. The molecule has 1 aliphatic heterocycles. The first-order valence-corrected chi connectivity index (χ1v) is 9.53. The lowest BCUT2D eigenvalue weighted by Gasteiger charge is -2.18. The summed E-state index contributed by atoms with van der Waals surface area (Å²) in [6, 6.07) is 9.85. The van der Waals surface area contributed by atoms with Gasteiger partial charge >= 0.3 is 0 Å². The summed E-state index contributed by atoms with van der Waals surface area (Å²) in [5.41, 5.74) is 4.46. The number of para-hydroxylation sites is 1. The van der Waals surface area contributed by atoms with Crippen molar-refractivity contribution in [3.05, 3.63) is 52.8 Å². The maximum atomic E-state index is 13.1. The van der Waals surface area contributed by atoms with E-state index >= 15 is 0 Å². The molecule has 0 atom stereocenters. The molecule has 1 fully saturated rings. The summed E-state index contributed by atoms with van der Waals surface area (Å²) in [6.07, 6.45) is 3.22. The number of amides is 1. The Kier molecular flexibility index (Phi) is 4.90. The van der Waals surface area contributed by atoms with E-state index in [2.05, 4.69) is 26.4 Å². The number of fused-ring (bicyclic) bond motifs is 1. The largest absolute Gasteiger partial charge is 0.336 e. The van der Waals surface area contributed by atoms with Crippen molar-refractivity contribution in [3.8, 4) is 0 Å². The zero-order valence-electron chi connectivity index (χ0n) is 15.8. The minimum Gasteiger partial charge on any atom is -0.336 e. The third-order valence-electron chi connectivity index (χ3n) is 5.14. The van der Waals surface area contributed by atoms with Gasteiger partial charge in [0.15, 0.2) is 0 Å². The first-order valence-electron chi connectivity index (χ1n) is 9.53. The fourth-order valence-corrected chi connectivity index (χ4v) is 3.66. The van der Waals surface area contributed by atoms with E-state index in [1.54, 1.807) is 0 Å². The Morgan fingerprint density at radius 2 is 2.04 bits per heavy atom. The summed E-state index contributed by atoms with van der Waals surface area (Å²) in [4.78, 5) is 20.0. The molecule has 6 heteroatoms. The number of benzene rings is 1. The van der Waals surface area contributed by atoms with Crippen molar-refractivity contribution in [2.24, 2.45) is 0 Å². The van der Waals surface area contributed by atoms with Crippen LogP contribution in [-0.4, -0.2) is 34.0 Å². The van der Waals surface area contributed by atoms with Crippen molar-refractivity contribution in [2.45, 2.75) is 39.7 Å². The molecule has 4 rings (SSSR count). The van der Waals surface area contributed by atoms with Gasteiger partial charge in [-0.3, -0.25) is 9.69 Å². The van der Waals surface area contributed by atoms with Gasteiger partial charge in [-0.25, -0.2) is 4.98 Å². The third kappa shape index (κ3) is 3.57. The maximum Gasteiger partial charge on any atom is 0.258 e. The molecule has 0 aliphatic carbocycles. The Hall–Kier alpha value is -2.73. The number of carbonyl (C=O) groups is 1. The molecule has 1 aliphatic rings. The molecule has 1 aromatic carbocycles. The van der Waals surface area contributed by atoms with E-state index in [1.165, 1.54) is 12.8 Å². The lowest BCUT2D eigenvalue weighted by Crippen LogP contribution is -2.20. The highest BCUT2D eigenvalue weighted by Crippen LogP contribution is 2.25. The standard InChI is InChI=1S/C21H24N4O2/c1-3-16-12-17(19-14(2)24-27-21(19)22-16)20(26)23-18-9-5-4-8-15(18)13-25-10-6-7-11-25/h4-5,8-9,12H,3,6-7,10-11,13H2,1-2H3,(H,23,26). The van der Waals surface area contributed by atoms with Crippen LogP contribution in [0.2, 0.25) is 0 Å². The van der Waals surface area contributed by atoms with Crippen molar-refractivity contribution in [3.63, 3.8) is 0 Å². The van der Waals surface area contributed by atoms with Crippen LogP contribution in [-0.2, 0) is 13.0 Å². The van der Waals surface area contributed by atoms with Crippen LogP contribution in [0.1, 0.15) is 47.1 Å². The van der Waals surface area contributed by atoms with Gasteiger partial charge in [0, 0.05) is 17.9 Å². The second-order valence-corrected chi connectivity index (χ2v) is 7.06. The predicted molar refractivity (Wildman–Crippen MR) is 105 cm³/mol. The van der Waals surface area contributed by atoms with E-state index in [4.69, 9.17) is 4.52 Å². The van der Waals surface area contributed by atoms with Gasteiger partial charge < -0.3 is 9.84 Å². The van der Waals surface area contributed by atoms with E-state index in [0.29, 0.717) is 22.4 Å². The van der Waals surface area contributed by atoms with E-state index in [-0.39, 0.29) is 5.91 Å². The normalized spacial score (nSPS) is 14.7. The SMILES string of the molecule is CCc1cc(C(=O)Nc2ccccc2CN2CCCC2)c2c(C)noc2n1. The molecule has 6 nitrogen and oxygen atoms in total. The Bertz CT molecular complexity index is 973. The van der Waals surface area contributed by atoms with E-state index in [1.807, 2.05) is 38.1 Å². The minimum atomic E-state index is -0.155. The van der Waals surface area contributed by atoms with Crippen LogP contribution < -0.4 is 5.32 Å². The molecule has 2 aromatic heterocycles. The highest BCUT2D eigenvalue weighted by Gasteiger charge is 2.20. The van der Waals surface area contributed by atoms with Crippen LogP contribution in [0.5, 0.6) is 0 Å². The Balaban J connectivity index is 1.65. The van der Waals surface area contributed by atoms with Crippen LogP contribution in [0.15, 0.2) is 34.9 Å². The molecule has 3 heterocycles. The minimum absolute atomic E-state index is 0.155. The average Bonchev–Trinajstić information content (AvgIpc) is 3.32. The number of aryl methyl sites for hydroxylation is 2. The Morgan fingerprint density at radius 3 is 2.81 bits per heavy atom. The summed E-state index contributed by atoms with van der Waals surface area (Å²) < 4.78 is 5.30. The molecule has 0 bridgehead atoms. The van der Waals surface area contributed by atoms with Gasteiger partial charge in [-0.1, -0.05) is 30.3 Å². The van der Waals surface area contributed by atoms with Crippen molar-refractivity contribution in [1.82, 2.24) is 15.0 Å². The molecule has 3 aromatic rings. The Labute approximate surface area is 158 Å². The monoisotopic (exact) mass is 364 g/mol. The molecule has 1 amide bonds. The highest BCUT2D eigenvalue weighted by atomic mass is 16.5. The number of rotatable bonds is 5. The van der Waals surface area contributed by atoms with Crippen molar-refractivity contribution < 1.29 is 9.32 Å². The lowest BCUT2D eigenvalue weighted by atomic mass is 10.1. The first-order chi connectivity index (χ1) is 13.2. The molecule has 27 heavy (non-hydrogen) atoms. The molecule has 0 saturated carbocycles. The fraction of sp³-hybridized carbons (Fsp3) is 0.381. The van der Waals surface area contributed by atoms with Crippen LogP contribution in [0, 0.1) is 6.92 Å². The third-order valence-corrected chi connectivity index (χ3v) is 5.14. The molecule has 1 saturated heterocycles. The molecular formula is C21H24N4O2. The predicted octanol–water partition coefficient (Wildman–Crippen LogP) is 3.94. The number of pyridine rings is 1. The Morgan fingerprint density at radius 1 is 1.26 bits per heavy atom. The number of hydrogen-bond donors (Lipinski definition) is 1. The van der Waals surface area contributed by atoms with Crippen LogP contribution in [0.4, 0.5) is 5.69 Å². The lowest BCUT2D eigenvalue weighted by molar-refractivity contribution is 0.102. The quantitative estimate of drug-likeness (QED) is 0.742. The molecule has 140 valence electrons. The molecule has 0 radical (unpaired) electrons. The number of nitrogens with one attached hydrogen (secondary N) is 1. The van der Waals surface area contributed by atoms with Crippen molar-refractivity contribution >= 4 is 22.7 Å². The van der Waals surface area contributed by atoms with Gasteiger partial charge in [-0.2, -0.15) is 0 Å². The van der Waals surface area contributed by atoms with Crippen LogP contribution in [0.25, 0.3) is 11.1 Å². The maximum absolute atomic E-state index is 13.1. The second-order valence-electron chi connectivity index (χ2n) is 7.06. The average molecular weight is 364 g/mol. The topological polar surface area (TPSA) is 71.3 Å². The van der Waals surface area contributed by atoms with E-state index in [9.17, 15) is 4.79 Å². The number of carbonyl (C=O) groups excluding carboxylic acids is 1. The summed E-state index contributed by atoms with van der Waals surface area (Å²) in [5.74, 6) is -0.155. The van der Waals surface area contributed by atoms with Crippen LogP contribution >= 0.6 is 0 Å². The van der Waals surface area contributed by atoms with Gasteiger partial charge in [-0.15, -0.1) is 0 Å². The zero-order valence-corrected chi connectivity index (χ0v) is 15.8. The summed E-state index contributed by atoms with van der Waals surface area (Å²) in [6.45, 7) is 6.93. The molecule has 1 N–H and O–H groups in total. The molecular weight excluding hydrogens is 340 g/mol. The van der Waals surface area contributed by atoms with Gasteiger partial charge in [0.25, 0.3) is 11.6 Å². The number of hydrogen-bond acceptors (Lipinski definition) is 5. The van der Waals surface area contributed by atoms with E-state index < -0.39 is 0 Å². The smallest absolute Gasteiger partial charge is 0.258 e. The van der Waals surface area contributed by atoms with Gasteiger partial charge in [-0.05, 0) is 57.0 Å². The van der Waals surface area contributed by atoms with Crippen LogP contribution in [0.3, 0.4) is 0 Å². The summed E-state index contributed by atoms with van der Waals surface area (Å²) >= 11 is 0. The number of anilines is 1. The summed E-state index contributed by atoms with van der Waals surface area (Å²) in [7, 11) is 0. The van der Waals surface area contributed by atoms with Crippen molar-refractivity contribution in [1.29, 1.82) is 0 Å². The van der Waals surface area contributed by atoms with E-state index in [0.717, 1.165) is 43.0 Å². The van der Waals surface area contributed by atoms with Gasteiger partial charge in [0.1, 0.15) is 0 Å². The van der Waals surface area contributed by atoms with Gasteiger partial charge in [0.2, 0.25) is 0 Å². The van der Waals surface area contributed by atoms with Gasteiger partial charge in [0.05, 0.1) is 16.6 Å². The summed E-state index contributed by atoms with van der Waals surface area (Å²) in [5, 5.41) is 7.76. The number of aromatic nitrogens is 2. The number of nitrogens with zero attached hydrogens (tertiary/aromatic N) is 3.